The summed E-state index contributed by atoms with van der Waals surface area (Å²) < 4.78 is 7.52. The Labute approximate surface area is 192 Å². The molecule has 2 aromatic rings. The van der Waals surface area contributed by atoms with Gasteiger partial charge in [0.05, 0.1) is 10.9 Å². The molecule has 0 spiro atoms. The van der Waals surface area contributed by atoms with Crippen LogP contribution < -0.4 is 5.56 Å². The van der Waals surface area contributed by atoms with Crippen LogP contribution in [0.5, 0.6) is 0 Å². The average Bonchev–Trinajstić information content (AvgIpc) is 3.35. The van der Waals surface area contributed by atoms with E-state index in [1.165, 1.54) is 0 Å². The number of carbonyl (C=O) groups is 2. The summed E-state index contributed by atoms with van der Waals surface area (Å²) in [6, 6.07) is 7.36. The van der Waals surface area contributed by atoms with Crippen LogP contribution in [-0.4, -0.2) is 70.1 Å². The minimum atomic E-state index is -0.291. The number of ether oxygens (including phenoxy) is 1. The molecule has 2 amide bonds. The van der Waals surface area contributed by atoms with Crippen LogP contribution in [0.25, 0.3) is 10.9 Å². The van der Waals surface area contributed by atoms with E-state index in [-0.39, 0.29) is 23.5 Å². The van der Waals surface area contributed by atoms with Crippen LogP contribution in [0, 0.1) is 4.77 Å². The molecule has 0 saturated carbocycles. The van der Waals surface area contributed by atoms with Gasteiger partial charge in [-0.3, -0.25) is 19.0 Å². The van der Waals surface area contributed by atoms with Crippen molar-refractivity contribution < 1.29 is 14.3 Å². The van der Waals surface area contributed by atoms with Crippen molar-refractivity contribution in [3.05, 3.63) is 39.4 Å². The summed E-state index contributed by atoms with van der Waals surface area (Å²) in [6.45, 7) is 3.52. The van der Waals surface area contributed by atoms with Crippen LogP contribution in [0.3, 0.4) is 0 Å². The minimum Gasteiger partial charge on any atom is -0.368 e. The van der Waals surface area contributed by atoms with Gasteiger partial charge in [-0.1, -0.05) is 18.6 Å². The molecule has 2 saturated heterocycles. The topological polar surface area (TPSA) is 87.6 Å². The van der Waals surface area contributed by atoms with Crippen molar-refractivity contribution in [2.75, 3.05) is 32.8 Å². The first-order valence-corrected chi connectivity index (χ1v) is 11.9. The standard InChI is InChI=1S/C23H30N4O4S/c28-20(25-12-14-26(15-13-25)22(30)19-9-6-16-31-19)10-2-1-5-11-27-21(29)17-7-3-4-8-18(17)24-23(27)32/h3-4,7-8,19H,1-2,5-6,9-16H2,(H,24,32). The van der Waals surface area contributed by atoms with Crippen molar-refractivity contribution in [2.45, 2.75) is 51.2 Å². The number of hydrogen-bond acceptors (Lipinski definition) is 5. The molecule has 1 N–H and O–H groups in total. The largest absolute Gasteiger partial charge is 0.368 e. The third-order valence-corrected chi connectivity index (χ3v) is 6.63. The first kappa shape index (κ1) is 22.7. The summed E-state index contributed by atoms with van der Waals surface area (Å²) >= 11 is 5.35. The zero-order valence-corrected chi connectivity index (χ0v) is 19.1. The number of aromatic nitrogens is 2. The number of amides is 2. The number of carbonyl (C=O) groups excluding carboxylic acids is 2. The lowest BCUT2D eigenvalue weighted by molar-refractivity contribution is -0.146. The molecule has 2 aliphatic heterocycles. The molecule has 2 fully saturated rings. The van der Waals surface area contributed by atoms with E-state index in [0.29, 0.717) is 55.9 Å². The minimum absolute atomic E-state index is 0.0666. The monoisotopic (exact) mass is 458 g/mol. The Balaban J connectivity index is 1.18. The molecular weight excluding hydrogens is 428 g/mol. The van der Waals surface area contributed by atoms with Crippen molar-refractivity contribution in [3.8, 4) is 0 Å². The highest BCUT2D eigenvalue weighted by molar-refractivity contribution is 7.71. The van der Waals surface area contributed by atoms with Crippen LogP contribution in [0.2, 0.25) is 0 Å². The van der Waals surface area contributed by atoms with Crippen LogP contribution in [0.4, 0.5) is 0 Å². The van der Waals surface area contributed by atoms with E-state index >= 15 is 0 Å². The lowest BCUT2D eigenvalue weighted by atomic mass is 10.1. The highest BCUT2D eigenvalue weighted by Gasteiger charge is 2.31. The Kier molecular flexibility index (Phi) is 7.36. The van der Waals surface area contributed by atoms with Gasteiger partial charge < -0.3 is 19.5 Å². The molecule has 8 nitrogen and oxygen atoms in total. The zero-order valence-electron chi connectivity index (χ0n) is 18.3. The van der Waals surface area contributed by atoms with E-state index in [1.807, 2.05) is 28.0 Å². The number of piperazine rings is 1. The average molecular weight is 459 g/mol. The molecule has 1 aromatic heterocycles. The van der Waals surface area contributed by atoms with Crippen molar-refractivity contribution in [1.29, 1.82) is 0 Å². The van der Waals surface area contributed by atoms with Crippen molar-refractivity contribution in [3.63, 3.8) is 0 Å². The fourth-order valence-corrected chi connectivity index (χ4v) is 4.72. The molecule has 4 rings (SSSR count). The second-order valence-electron chi connectivity index (χ2n) is 8.45. The van der Waals surface area contributed by atoms with Crippen LogP contribution in [0.1, 0.15) is 38.5 Å². The van der Waals surface area contributed by atoms with E-state index in [9.17, 15) is 14.4 Å². The van der Waals surface area contributed by atoms with Crippen molar-refractivity contribution >= 4 is 34.9 Å². The van der Waals surface area contributed by atoms with Gasteiger partial charge in [0.1, 0.15) is 6.10 Å². The Morgan fingerprint density at radius 3 is 2.56 bits per heavy atom. The SMILES string of the molecule is O=C(CCCCCn1c(=S)[nH]c2ccccc2c1=O)N1CCN(C(=O)C2CCCO2)CC1. The number of aromatic amines is 1. The van der Waals surface area contributed by atoms with Gasteiger partial charge in [0.2, 0.25) is 5.91 Å². The number of nitrogens with zero attached hydrogens (tertiary/aromatic N) is 3. The van der Waals surface area contributed by atoms with E-state index in [4.69, 9.17) is 17.0 Å². The van der Waals surface area contributed by atoms with E-state index in [2.05, 4.69) is 4.98 Å². The molecule has 1 unspecified atom stereocenters. The van der Waals surface area contributed by atoms with Gasteiger partial charge in [-0.05, 0) is 50.0 Å². The van der Waals surface area contributed by atoms with Crippen molar-refractivity contribution in [1.82, 2.24) is 19.4 Å². The number of rotatable bonds is 7. The van der Waals surface area contributed by atoms with Gasteiger partial charge in [-0.25, -0.2) is 0 Å². The first-order chi connectivity index (χ1) is 15.5. The lowest BCUT2D eigenvalue weighted by Crippen LogP contribution is -2.52. The summed E-state index contributed by atoms with van der Waals surface area (Å²) in [7, 11) is 0. The number of benzene rings is 1. The molecule has 3 heterocycles. The van der Waals surface area contributed by atoms with Gasteiger partial charge in [-0.2, -0.15) is 0 Å². The molecular formula is C23H30N4O4S. The maximum Gasteiger partial charge on any atom is 0.262 e. The van der Waals surface area contributed by atoms with Crippen LogP contribution in [0.15, 0.2) is 29.1 Å². The maximum atomic E-state index is 12.7. The number of hydrogen-bond donors (Lipinski definition) is 1. The van der Waals surface area contributed by atoms with E-state index < -0.39 is 0 Å². The fraction of sp³-hybridized carbons (Fsp3) is 0.565. The van der Waals surface area contributed by atoms with Gasteiger partial charge in [0, 0.05) is 45.8 Å². The van der Waals surface area contributed by atoms with Gasteiger partial charge >= 0.3 is 0 Å². The third-order valence-electron chi connectivity index (χ3n) is 6.31. The predicted molar refractivity (Wildman–Crippen MR) is 124 cm³/mol. The fourth-order valence-electron chi connectivity index (χ4n) is 4.44. The Morgan fingerprint density at radius 2 is 1.81 bits per heavy atom. The van der Waals surface area contributed by atoms with E-state index in [0.717, 1.165) is 37.6 Å². The summed E-state index contributed by atoms with van der Waals surface area (Å²) in [5.74, 6) is 0.200. The highest BCUT2D eigenvalue weighted by atomic mass is 32.1. The molecule has 1 atom stereocenters. The number of para-hydroxylation sites is 1. The predicted octanol–water partition coefficient (Wildman–Crippen LogP) is 2.47. The van der Waals surface area contributed by atoms with Crippen LogP contribution >= 0.6 is 12.2 Å². The van der Waals surface area contributed by atoms with Gasteiger partial charge in [0.25, 0.3) is 11.5 Å². The lowest BCUT2D eigenvalue weighted by Gasteiger charge is -2.35. The van der Waals surface area contributed by atoms with Crippen LogP contribution in [-0.2, 0) is 20.9 Å². The van der Waals surface area contributed by atoms with Gasteiger partial charge in [0.15, 0.2) is 4.77 Å². The van der Waals surface area contributed by atoms with Crippen molar-refractivity contribution in [2.24, 2.45) is 0 Å². The number of H-pyrrole nitrogens is 1. The molecule has 1 aromatic carbocycles. The molecule has 0 bridgehead atoms. The second-order valence-corrected chi connectivity index (χ2v) is 8.84. The Morgan fingerprint density at radius 1 is 1.06 bits per heavy atom. The summed E-state index contributed by atoms with van der Waals surface area (Å²) in [5.41, 5.74) is 0.678. The molecule has 0 aliphatic carbocycles. The number of nitrogens with one attached hydrogen (secondary N) is 1. The highest BCUT2D eigenvalue weighted by Crippen LogP contribution is 2.16. The third kappa shape index (κ3) is 5.10. The number of fused-ring (bicyclic) bond motifs is 1. The summed E-state index contributed by atoms with van der Waals surface area (Å²) in [5, 5.41) is 0.633. The molecule has 2 aliphatic rings. The molecule has 9 heteroatoms. The zero-order chi connectivity index (χ0) is 22.5. The summed E-state index contributed by atoms with van der Waals surface area (Å²) in [4.78, 5) is 44.4. The Hall–Kier alpha value is -2.52. The Bertz CT molecular complexity index is 1080. The van der Waals surface area contributed by atoms with Gasteiger partial charge in [-0.15, -0.1) is 0 Å². The normalized spacial score (nSPS) is 18.9. The maximum absolute atomic E-state index is 12.7. The summed E-state index contributed by atoms with van der Waals surface area (Å²) in [6.07, 6.45) is 4.33. The van der Waals surface area contributed by atoms with E-state index in [1.54, 1.807) is 10.6 Å². The number of unbranched alkanes of at least 4 members (excludes halogenated alkanes) is 2. The first-order valence-electron chi connectivity index (χ1n) is 11.4. The molecule has 0 radical (unpaired) electrons. The quantitative estimate of drug-likeness (QED) is 0.509. The molecule has 32 heavy (non-hydrogen) atoms. The second kappa shape index (κ2) is 10.4. The molecule has 172 valence electrons. The smallest absolute Gasteiger partial charge is 0.262 e.